The maximum atomic E-state index is 6.08. The van der Waals surface area contributed by atoms with Gasteiger partial charge in [-0.05, 0) is 24.4 Å². The van der Waals surface area contributed by atoms with Gasteiger partial charge in [0.2, 0.25) is 4.77 Å². The Morgan fingerprint density at radius 1 is 1.37 bits per heavy atom. The molecule has 2 rings (SSSR count). The van der Waals surface area contributed by atoms with E-state index in [0.29, 0.717) is 20.4 Å². The van der Waals surface area contributed by atoms with Crippen LogP contribution in [0.15, 0.2) is 23.3 Å². The first kappa shape index (κ1) is 14.2. The van der Waals surface area contributed by atoms with Crippen molar-refractivity contribution in [2.24, 2.45) is 5.10 Å². The molecule has 0 fully saturated rings. The summed E-state index contributed by atoms with van der Waals surface area (Å²) in [5, 5.41) is 12.2. The average molecular weight is 315 g/mol. The van der Waals surface area contributed by atoms with Crippen LogP contribution in [-0.2, 0) is 0 Å². The standard InChI is InChI=1S/C12H12Cl2N4S/c1-7(2)11-16-17-12(19)18(11)15-6-8-9(13)4-3-5-10(8)14/h3-7H,1-2H3,(H,17,19)/b15-6-. The summed E-state index contributed by atoms with van der Waals surface area (Å²) in [5.74, 6) is 0.955. The first-order valence-electron chi connectivity index (χ1n) is 5.66. The number of nitrogens with zero attached hydrogens (tertiary/aromatic N) is 3. The average Bonchev–Trinajstić information content (AvgIpc) is 2.70. The molecule has 1 aromatic heterocycles. The van der Waals surface area contributed by atoms with Gasteiger partial charge in [0.05, 0.1) is 16.3 Å². The van der Waals surface area contributed by atoms with Gasteiger partial charge in [0, 0.05) is 11.5 Å². The van der Waals surface area contributed by atoms with Gasteiger partial charge < -0.3 is 0 Å². The molecule has 1 heterocycles. The minimum Gasteiger partial charge on any atom is -0.250 e. The summed E-state index contributed by atoms with van der Waals surface area (Å²) in [6.45, 7) is 4.03. The lowest BCUT2D eigenvalue weighted by Crippen LogP contribution is -2.01. The molecule has 0 bridgehead atoms. The molecule has 0 unspecified atom stereocenters. The molecule has 0 atom stereocenters. The SMILES string of the molecule is CC(C)c1n[nH]c(=S)n1/N=C\c1c(Cl)cccc1Cl. The summed E-state index contributed by atoms with van der Waals surface area (Å²) in [4.78, 5) is 0. The van der Waals surface area contributed by atoms with Gasteiger partial charge in [-0.25, -0.2) is 0 Å². The van der Waals surface area contributed by atoms with Crippen LogP contribution in [0.25, 0.3) is 0 Å². The number of aromatic amines is 1. The number of benzene rings is 1. The topological polar surface area (TPSA) is 46.0 Å². The van der Waals surface area contributed by atoms with Crippen molar-refractivity contribution in [3.05, 3.63) is 44.4 Å². The van der Waals surface area contributed by atoms with Crippen LogP contribution in [0.5, 0.6) is 0 Å². The second-order valence-corrected chi connectivity index (χ2v) is 5.43. The first-order valence-corrected chi connectivity index (χ1v) is 6.82. The van der Waals surface area contributed by atoms with Crippen LogP contribution in [0.2, 0.25) is 10.0 Å². The molecule has 100 valence electrons. The molecule has 2 aromatic rings. The molecule has 0 amide bonds. The first-order chi connectivity index (χ1) is 9.00. The Morgan fingerprint density at radius 2 is 2.00 bits per heavy atom. The quantitative estimate of drug-likeness (QED) is 0.680. The van der Waals surface area contributed by atoms with Gasteiger partial charge in [-0.3, -0.25) is 5.10 Å². The molecule has 1 N–H and O–H groups in total. The van der Waals surface area contributed by atoms with Gasteiger partial charge in [-0.15, -0.1) is 0 Å². The third-order valence-corrected chi connectivity index (χ3v) is 3.42. The zero-order chi connectivity index (χ0) is 14.0. The van der Waals surface area contributed by atoms with Gasteiger partial charge >= 0.3 is 0 Å². The van der Waals surface area contributed by atoms with Crippen LogP contribution in [0.1, 0.15) is 31.2 Å². The number of nitrogens with one attached hydrogen (secondary N) is 1. The van der Waals surface area contributed by atoms with Crippen LogP contribution in [0.4, 0.5) is 0 Å². The summed E-state index contributed by atoms with van der Waals surface area (Å²) >= 11 is 17.3. The number of halogens is 2. The lowest BCUT2D eigenvalue weighted by atomic mass is 10.2. The largest absolute Gasteiger partial charge is 0.250 e. The molecule has 0 radical (unpaired) electrons. The van der Waals surface area contributed by atoms with Crippen LogP contribution >= 0.6 is 35.4 Å². The van der Waals surface area contributed by atoms with Crippen molar-refractivity contribution in [1.82, 2.24) is 14.9 Å². The van der Waals surface area contributed by atoms with Crippen molar-refractivity contribution in [2.75, 3.05) is 0 Å². The molecule has 0 spiro atoms. The predicted octanol–water partition coefficient (Wildman–Crippen LogP) is 4.25. The summed E-state index contributed by atoms with van der Waals surface area (Å²) in [5.41, 5.74) is 0.656. The Labute approximate surface area is 126 Å². The summed E-state index contributed by atoms with van der Waals surface area (Å²) < 4.78 is 2.00. The van der Waals surface area contributed by atoms with E-state index in [1.807, 2.05) is 13.8 Å². The highest BCUT2D eigenvalue weighted by atomic mass is 35.5. The number of H-pyrrole nitrogens is 1. The Bertz CT molecular complexity index is 652. The Kier molecular flexibility index (Phi) is 4.39. The molecule has 0 aliphatic carbocycles. The maximum absolute atomic E-state index is 6.08. The van der Waals surface area contributed by atoms with Gasteiger partial charge in [-0.1, -0.05) is 43.1 Å². The Balaban J connectivity index is 2.44. The normalized spacial score (nSPS) is 11.6. The summed E-state index contributed by atoms with van der Waals surface area (Å²) in [6.07, 6.45) is 1.59. The van der Waals surface area contributed by atoms with E-state index in [9.17, 15) is 0 Å². The van der Waals surface area contributed by atoms with E-state index in [2.05, 4.69) is 15.3 Å². The maximum Gasteiger partial charge on any atom is 0.216 e. The highest BCUT2D eigenvalue weighted by molar-refractivity contribution is 7.71. The molecule has 19 heavy (non-hydrogen) atoms. The van der Waals surface area contributed by atoms with E-state index < -0.39 is 0 Å². The minimum absolute atomic E-state index is 0.201. The monoisotopic (exact) mass is 314 g/mol. The van der Waals surface area contributed by atoms with Crippen molar-refractivity contribution < 1.29 is 0 Å². The molecule has 7 heteroatoms. The second-order valence-electron chi connectivity index (χ2n) is 4.23. The molecule has 0 aliphatic rings. The number of hydrogen-bond donors (Lipinski definition) is 1. The molecule has 1 aromatic carbocycles. The van der Waals surface area contributed by atoms with Gasteiger partial charge in [0.15, 0.2) is 5.82 Å². The lowest BCUT2D eigenvalue weighted by molar-refractivity contribution is 0.695. The highest BCUT2D eigenvalue weighted by Gasteiger charge is 2.09. The zero-order valence-electron chi connectivity index (χ0n) is 10.4. The van der Waals surface area contributed by atoms with Crippen molar-refractivity contribution >= 4 is 41.6 Å². The minimum atomic E-state index is 0.201. The number of hydrogen-bond acceptors (Lipinski definition) is 3. The summed E-state index contributed by atoms with van der Waals surface area (Å²) in [7, 11) is 0. The fourth-order valence-electron chi connectivity index (χ4n) is 1.54. The molecule has 0 saturated heterocycles. The fraction of sp³-hybridized carbons (Fsp3) is 0.250. The molecular weight excluding hydrogens is 303 g/mol. The second kappa shape index (κ2) is 5.86. The van der Waals surface area contributed by atoms with E-state index in [1.165, 1.54) is 0 Å². The van der Waals surface area contributed by atoms with Gasteiger partial charge in [0.1, 0.15) is 0 Å². The van der Waals surface area contributed by atoms with E-state index in [-0.39, 0.29) is 5.92 Å². The van der Waals surface area contributed by atoms with Crippen LogP contribution < -0.4 is 0 Å². The predicted molar refractivity (Wildman–Crippen MR) is 81.0 cm³/mol. The third kappa shape index (κ3) is 3.05. The van der Waals surface area contributed by atoms with Crippen molar-refractivity contribution in [1.29, 1.82) is 0 Å². The lowest BCUT2D eigenvalue weighted by Gasteiger charge is -2.04. The van der Waals surface area contributed by atoms with Crippen molar-refractivity contribution in [3.63, 3.8) is 0 Å². The molecular formula is C12H12Cl2N4S. The van der Waals surface area contributed by atoms with Gasteiger partial charge in [0.25, 0.3) is 0 Å². The molecule has 0 aliphatic heterocycles. The van der Waals surface area contributed by atoms with Crippen molar-refractivity contribution in [2.45, 2.75) is 19.8 Å². The molecule has 0 saturated carbocycles. The van der Waals surface area contributed by atoms with E-state index in [4.69, 9.17) is 35.4 Å². The zero-order valence-corrected chi connectivity index (χ0v) is 12.7. The van der Waals surface area contributed by atoms with E-state index in [0.717, 1.165) is 5.82 Å². The number of aromatic nitrogens is 3. The fourth-order valence-corrected chi connectivity index (χ4v) is 2.22. The van der Waals surface area contributed by atoms with Crippen LogP contribution in [0.3, 0.4) is 0 Å². The molecule has 4 nitrogen and oxygen atoms in total. The number of rotatable bonds is 3. The van der Waals surface area contributed by atoms with Crippen LogP contribution in [0, 0.1) is 4.77 Å². The van der Waals surface area contributed by atoms with E-state index in [1.54, 1.807) is 29.1 Å². The Hall–Kier alpha value is -1.17. The van der Waals surface area contributed by atoms with Crippen molar-refractivity contribution in [3.8, 4) is 0 Å². The van der Waals surface area contributed by atoms with E-state index >= 15 is 0 Å². The third-order valence-electron chi connectivity index (χ3n) is 2.49. The van der Waals surface area contributed by atoms with Gasteiger partial charge in [-0.2, -0.15) is 14.9 Å². The smallest absolute Gasteiger partial charge is 0.216 e. The summed E-state index contributed by atoms with van der Waals surface area (Å²) in [6, 6.07) is 5.30. The Morgan fingerprint density at radius 3 is 2.58 bits per heavy atom. The highest BCUT2D eigenvalue weighted by Crippen LogP contribution is 2.22. The van der Waals surface area contributed by atoms with Crippen LogP contribution in [-0.4, -0.2) is 21.1 Å².